The molecule has 0 spiro atoms. The van der Waals surface area contributed by atoms with Gasteiger partial charge < -0.3 is 14.2 Å². The normalized spacial score (nSPS) is 17.9. The number of sulfone groups is 1. The number of ether oxygens (including phenoxy) is 3. The lowest BCUT2D eigenvalue weighted by molar-refractivity contribution is 0.00891. The fourth-order valence-corrected chi connectivity index (χ4v) is 3.52. The second-order valence-corrected chi connectivity index (χ2v) is 10.6. The Labute approximate surface area is 169 Å². The molecule has 0 fully saturated rings. The smallest absolute Gasteiger partial charge is 0.213 e. The zero-order valence-electron chi connectivity index (χ0n) is 17.7. The van der Waals surface area contributed by atoms with Gasteiger partial charge in [-0.3, -0.25) is 0 Å². The molecule has 0 saturated heterocycles. The first-order valence-corrected chi connectivity index (χ1v) is 11.9. The summed E-state index contributed by atoms with van der Waals surface area (Å²) in [7, 11) is -2.96. The van der Waals surface area contributed by atoms with Gasteiger partial charge in [-0.1, -0.05) is 0 Å². The summed E-state index contributed by atoms with van der Waals surface area (Å²) >= 11 is 0. The van der Waals surface area contributed by atoms with Crippen molar-refractivity contribution in [3.8, 4) is 11.6 Å². The van der Waals surface area contributed by atoms with E-state index in [9.17, 15) is 8.42 Å². The summed E-state index contributed by atoms with van der Waals surface area (Å²) in [6.45, 7) is 9.02. The van der Waals surface area contributed by atoms with E-state index in [4.69, 9.17) is 14.2 Å². The fraction of sp³-hybridized carbons (Fsp3) is 0.667. The van der Waals surface area contributed by atoms with Crippen molar-refractivity contribution in [3.63, 3.8) is 0 Å². The Hall–Kier alpha value is -1.60. The predicted octanol–water partition coefficient (Wildman–Crippen LogP) is 3.88. The van der Waals surface area contributed by atoms with E-state index in [-0.39, 0.29) is 17.5 Å². The predicted molar refractivity (Wildman–Crippen MR) is 111 cm³/mol. The van der Waals surface area contributed by atoms with Crippen LogP contribution in [-0.2, 0) is 14.6 Å². The van der Waals surface area contributed by atoms with Gasteiger partial charge in [-0.05, 0) is 71.1 Å². The lowest BCUT2D eigenvalue weighted by Crippen LogP contribution is -2.24. The van der Waals surface area contributed by atoms with Crippen LogP contribution in [0.1, 0.15) is 52.1 Å². The highest BCUT2D eigenvalue weighted by Crippen LogP contribution is 2.26. The molecule has 1 atom stereocenters. The third kappa shape index (κ3) is 8.61. The molecule has 1 heterocycles. The number of hydrogen-bond acceptors (Lipinski definition) is 6. The van der Waals surface area contributed by atoms with Crippen LogP contribution in [0.25, 0.3) is 0 Å². The monoisotopic (exact) mass is 411 g/mol. The number of aromatic nitrogens is 1. The SMILES string of the molecule is Cc1nc(OCCCS(C)(=O)=O)ccc1OC1C=C(COC(C)(C)C)CCC1. The largest absolute Gasteiger partial charge is 0.484 e. The maximum Gasteiger partial charge on any atom is 0.213 e. The first-order valence-electron chi connectivity index (χ1n) is 9.80. The molecular formula is C21H33NO5S. The topological polar surface area (TPSA) is 74.7 Å². The van der Waals surface area contributed by atoms with E-state index in [1.807, 2.05) is 13.0 Å². The lowest BCUT2D eigenvalue weighted by Gasteiger charge is -2.26. The number of hydrogen-bond donors (Lipinski definition) is 0. The van der Waals surface area contributed by atoms with Crippen molar-refractivity contribution in [1.29, 1.82) is 0 Å². The van der Waals surface area contributed by atoms with Gasteiger partial charge in [-0.2, -0.15) is 0 Å². The molecule has 6 nitrogen and oxygen atoms in total. The molecule has 2 rings (SSSR count). The molecule has 0 amide bonds. The quantitative estimate of drug-likeness (QED) is 0.453. The minimum Gasteiger partial charge on any atom is -0.484 e. The van der Waals surface area contributed by atoms with Gasteiger partial charge in [0.1, 0.15) is 21.7 Å². The molecule has 0 bridgehead atoms. The minimum absolute atomic E-state index is 0.0225. The molecule has 0 N–H and O–H groups in total. The summed E-state index contributed by atoms with van der Waals surface area (Å²) in [5, 5.41) is 0. The molecule has 0 aromatic carbocycles. The Morgan fingerprint density at radius 2 is 2.00 bits per heavy atom. The molecule has 0 saturated carbocycles. The van der Waals surface area contributed by atoms with Crippen LogP contribution in [-0.4, -0.2) is 50.3 Å². The Morgan fingerprint density at radius 1 is 1.25 bits per heavy atom. The first kappa shape index (κ1) is 22.7. The molecule has 1 aliphatic rings. The lowest BCUT2D eigenvalue weighted by atomic mass is 9.97. The Balaban J connectivity index is 1.89. The summed E-state index contributed by atoms with van der Waals surface area (Å²) < 4.78 is 39.9. The first-order chi connectivity index (χ1) is 13.0. The van der Waals surface area contributed by atoms with Crippen LogP contribution in [0.15, 0.2) is 23.8 Å². The van der Waals surface area contributed by atoms with Crippen LogP contribution < -0.4 is 9.47 Å². The van der Waals surface area contributed by atoms with Gasteiger partial charge in [0, 0.05) is 12.3 Å². The number of nitrogens with zero attached hydrogens (tertiary/aromatic N) is 1. The molecule has 1 unspecified atom stereocenters. The summed E-state index contributed by atoms with van der Waals surface area (Å²) in [6.07, 6.45) is 6.97. The van der Waals surface area contributed by atoms with Crippen molar-refractivity contribution < 1.29 is 22.6 Å². The summed E-state index contributed by atoms with van der Waals surface area (Å²) in [4.78, 5) is 4.42. The van der Waals surface area contributed by atoms with Crippen molar-refractivity contribution in [1.82, 2.24) is 4.98 Å². The van der Waals surface area contributed by atoms with E-state index in [1.165, 1.54) is 11.8 Å². The molecule has 1 aliphatic carbocycles. The van der Waals surface area contributed by atoms with Gasteiger partial charge in [0.25, 0.3) is 0 Å². The molecule has 7 heteroatoms. The standard InChI is InChI=1S/C21H33NO5S/c1-16-19(10-11-20(22-16)25-12-7-13-28(5,23)24)27-18-9-6-8-17(14-18)15-26-21(2,3)4/h10-11,14,18H,6-9,12-13,15H2,1-5H3. The molecule has 0 aliphatic heterocycles. The highest BCUT2D eigenvalue weighted by molar-refractivity contribution is 7.90. The van der Waals surface area contributed by atoms with Crippen LogP contribution >= 0.6 is 0 Å². The van der Waals surface area contributed by atoms with Crippen molar-refractivity contribution in [2.45, 2.75) is 65.1 Å². The van der Waals surface area contributed by atoms with Crippen molar-refractivity contribution in [2.75, 3.05) is 25.2 Å². The molecule has 1 aromatic rings. The maximum absolute atomic E-state index is 11.1. The van der Waals surface area contributed by atoms with E-state index in [0.717, 1.165) is 30.7 Å². The number of aryl methyl sites for hydroxylation is 1. The van der Waals surface area contributed by atoms with Crippen LogP contribution in [0.3, 0.4) is 0 Å². The van der Waals surface area contributed by atoms with Gasteiger partial charge >= 0.3 is 0 Å². The van der Waals surface area contributed by atoms with Crippen LogP contribution in [0.4, 0.5) is 0 Å². The fourth-order valence-electron chi connectivity index (χ4n) is 2.87. The Morgan fingerprint density at radius 3 is 2.64 bits per heavy atom. The molecule has 28 heavy (non-hydrogen) atoms. The van der Waals surface area contributed by atoms with Gasteiger partial charge in [-0.15, -0.1) is 0 Å². The Bertz CT molecular complexity index is 780. The second-order valence-electron chi connectivity index (χ2n) is 8.34. The summed E-state index contributed by atoms with van der Waals surface area (Å²) in [5.74, 6) is 1.34. The average molecular weight is 412 g/mol. The zero-order valence-corrected chi connectivity index (χ0v) is 18.5. The average Bonchev–Trinajstić information content (AvgIpc) is 2.58. The minimum atomic E-state index is -2.96. The van der Waals surface area contributed by atoms with Crippen molar-refractivity contribution in [2.24, 2.45) is 0 Å². The second kappa shape index (κ2) is 9.74. The maximum atomic E-state index is 11.1. The van der Waals surface area contributed by atoms with Crippen LogP contribution in [0, 0.1) is 6.92 Å². The number of pyridine rings is 1. The molecule has 1 aromatic heterocycles. The van der Waals surface area contributed by atoms with Crippen LogP contribution in [0.2, 0.25) is 0 Å². The van der Waals surface area contributed by atoms with Crippen molar-refractivity contribution >= 4 is 9.84 Å². The van der Waals surface area contributed by atoms with E-state index in [0.29, 0.717) is 25.5 Å². The van der Waals surface area contributed by atoms with E-state index < -0.39 is 9.84 Å². The molecule has 0 radical (unpaired) electrons. The van der Waals surface area contributed by atoms with Gasteiger partial charge in [0.15, 0.2) is 0 Å². The van der Waals surface area contributed by atoms with Crippen LogP contribution in [0.5, 0.6) is 11.6 Å². The van der Waals surface area contributed by atoms with Gasteiger partial charge in [-0.25, -0.2) is 13.4 Å². The van der Waals surface area contributed by atoms with E-state index >= 15 is 0 Å². The van der Waals surface area contributed by atoms with Gasteiger partial charge in [0.05, 0.1) is 30.3 Å². The van der Waals surface area contributed by atoms with E-state index in [1.54, 1.807) is 6.07 Å². The van der Waals surface area contributed by atoms with Crippen molar-refractivity contribution in [3.05, 3.63) is 29.5 Å². The molecule has 158 valence electrons. The number of rotatable bonds is 9. The van der Waals surface area contributed by atoms with Gasteiger partial charge in [0.2, 0.25) is 5.88 Å². The highest BCUT2D eigenvalue weighted by atomic mass is 32.2. The third-order valence-corrected chi connectivity index (χ3v) is 5.33. The summed E-state index contributed by atoms with van der Waals surface area (Å²) in [5.41, 5.74) is 1.89. The zero-order chi connectivity index (χ0) is 20.8. The highest BCUT2D eigenvalue weighted by Gasteiger charge is 2.18. The Kier molecular flexibility index (Phi) is 7.89. The molecular weight excluding hydrogens is 378 g/mol. The third-order valence-electron chi connectivity index (χ3n) is 4.30. The summed E-state index contributed by atoms with van der Waals surface area (Å²) in [6, 6.07) is 3.63. The van der Waals surface area contributed by atoms with E-state index in [2.05, 4.69) is 31.8 Å².